The molecule has 0 aliphatic rings. The molecular formula is C20H27Cl2F2N3O2. The van der Waals surface area contributed by atoms with Crippen LogP contribution in [0.15, 0.2) is 36.5 Å². The number of hydrogen-bond donors (Lipinski definition) is 3. The number of hydrogen-bond acceptors (Lipinski definition) is 4. The number of aromatic nitrogens is 1. The molecule has 5 nitrogen and oxygen atoms in total. The molecule has 0 spiro atoms. The minimum atomic E-state index is -1.08. The molecule has 0 saturated carbocycles. The summed E-state index contributed by atoms with van der Waals surface area (Å²) in [6.45, 7) is 5.58. The van der Waals surface area contributed by atoms with Crippen LogP contribution in [0.3, 0.4) is 0 Å². The molecule has 4 N–H and O–H groups in total. The number of nitrogens with zero attached hydrogens (tertiary/aromatic N) is 1. The summed E-state index contributed by atoms with van der Waals surface area (Å²) < 4.78 is 27.1. The minimum absolute atomic E-state index is 0. The van der Waals surface area contributed by atoms with Crippen LogP contribution in [0.1, 0.15) is 42.4 Å². The van der Waals surface area contributed by atoms with E-state index in [4.69, 9.17) is 5.73 Å². The highest BCUT2D eigenvalue weighted by Crippen LogP contribution is 2.16. The summed E-state index contributed by atoms with van der Waals surface area (Å²) in [5.74, 6) is -1.45. The van der Waals surface area contributed by atoms with Gasteiger partial charge in [-0.25, -0.2) is 8.78 Å². The highest BCUT2D eigenvalue weighted by Gasteiger charge is 2.23. The zero-order chi connectivity index (χ0) is 20.2. The summed E-state index contributed by atoms with van der Waals surface area (Å²) >= 11 is 0. The first-order chi connectivity index (χ1) is 12.6. The van der Waals surface area contributed by atoms with Gasteiger partial charge in [-0.15, -0.1) is 24.8 Å². The summed E-state index contributed by atoms with van der Waals surface area (Å²) in [4.78, 5) is 16.6. The Balaban J connectivity index is 0.00000392. The topological polar surface area (TPSA) is 88.2 Å². The Morgan fingerprint density at radius 1 is 1.21 bits per heavy atom. The third kappa shape index (κ3) is 8.22. The maximum atomic E-state index is 13.8. The van der Waals surface area contributed by atoms with Crippen LogP contribution in [0, 0.1) is 11.6 Å². The van der Waals surface area contributed by atoms with Crippen LogP contribution in [0.25, 0.3) is 0 Å². The SMILES string of the molecule is CC(C)(C)NC(=O)c1cccnc1CC(O)C(N)Cc1cc(F)ccc1F.Cl.Cl. The van der Waals surface area contributed by atoms with Gasteiger partial charge in [0.2, 0.25) is 0 Å². The Kier molecular flexibility index (Phi) is 10.7. The molecule has 1 aromatic heterocycles. The molecule has 0 saturated heterocycles. The molecule has 0 aliphatic carbocycles. The van der Waals surface area contributed by atoms with Crippen LogP contribution < -0.4 is 11.1 Å². The van der Waals surface area contributed by atoms with E-state index in [1.165, 1.54) is 6.20 Å². The molecule has 1 heterocycles. The summed E-state index contributed by atoms with van der Waals surface area (Å²) in [6.07, 6.45) is 0.421. The molecule has 29 heavy (non-hydrogen) atoms. The van der Waals surface area contributed by atoms with E-state index in [1.807, 2.05) is 20.8 Å². The number of benzene rings is 1. The van der Waals surface area contributed by atoms with Crippen molar-refractivity contribution in [3.8, 4) is 0 Å². The zero-order valence-corrected chi connectivity index (χ0v) is 18.1. The molecule has 2 aromatic rings. The van der Waals surface area contributed by atoms with Crippen LogP contribution in [-0.2, 0) is 12.8 Å². The lowest BCUT2D eigenvalue weighted by Gasteiger charge is -2.23. The number of rotatable bonds is 6. The average molecular weight is 450 g/mol. The molecule has 0 fully saturated rings. The zero-order valence-electron chi connectivity index (χ0n) is 16.5. The maximum Gasteiger partial charge on any atom is 0.253 e. The van der Waals surface area contributed by atoms with Gasteiger partial charge < -0.3 is 16.2 Å². The van der Waals surface area contributed by atoms with Crippen molar-refractivity contribution < 1.29 is 18.7 Å². The van der Waals surface area contributed by atoms with Gasteiger partial charge in [0.05, 0.1) is 17.4 Å². The number of carbonyl (C=O) groups is 1. The molecule has 0 radical (unpaired) electrons. The van der Waals surface area contributed by atoms with E-state index in [2.05, 4.69) is 10.3 Å². The van der Waals surface area contributed by atoms with Gasteiger partial charge in [-0.05, 0) is 63.1 Å². The van der Waals surface area contributed by atoms with E-state index in [9.17, 15) is 18.7 Å². The number of amides is 1. The fourth-order valence-corrected chi connectivity index (χ4v) is 2.65. The van der Waals surface area contributed by atoms with Crippen molar-refractivity contribution in [1.82, 2.24) is 10.3 Å². The number of aliphatic hydroxyl groups excluding tert-OH is 1. The second-order valence-electron chi connectivity index (χ2n) is 7.58. The minimum Gasteiger partial charge on any atom is -0.391 e. The van der Waals surface area contributed by atoms with Gasteiger partial charge in [-0.2, -0.15) is 0 Å². The normalized spacial score (nSPS) is 12.9. The number of pyridine rings is 1. The van der Waals surface area contributed by atoms with Crippen LogP contribution in [0.4, 0.5) is 8.78 Å². The molecule has 2 atom stereocenters. The predicted octanol–water partition coefficient (Wildman–Crippen LogP) is 3.21. The third-order valence-electron chi connectivity index (χ3n) is 3.98. The molecule has 2 unspecified atom stereocenters. The maximum absolute atomic E-state index is 13.8. The lowest BCUT2D eigenvalue weighted by molar-refractivity contribution is 0.0916. The smallest absolute Gasteiger partial charge is 0.253 e. The highest BCUT2D eigenvalue weighted by molar-refractivity contribution is 5.95. The van der Waals surface area contributed by atoms with Gasteiger partial charge >= 0.3 is 0 Å². The average Bonchev–Trinajstić information content (AvgIpc) is 2.57. The summed E-state index contributed by atoms with van der Waals surface area (Å²) in [5, 5.41) is 13.3. The van der Waals surface area contributed by atoms with Crippen molar-refractivity contribution in [2.24, 2.45) is 5.73 Å². The molecule has 1 amide bonds. The Labute approximate surface area is 181 Å². The van der Waals surface area contributed by atoms with Gasteiger partial charge in [-0.3, -0.25) is 9.78 Å². The van der Waals surface area contributed by atoms with Gasteiger partial charge in [0.25, 0.3) is 5.91 Å². The van der Waals surface area contributed by atoms with Gasteiger partial charge in [0, 0.05) is 24.2 Å². The van der Waals surface area contributed by atoms with Crippen molar-refractivity contribution in [2.45, 2.75) is 51.3 Å². The van der Waals surface area contributed by atoms with E-state index in [1.54, 1.807) is 12.1 Å². The van der Waals surface area contributed by atoms with Crippen LogP contribution in [0.5, 0.6) is 0 Å². The Hall–Kier alpha value is -1.80. The molecule has 9 heteroatoms. The van der Waals surface area contributed by atoms with Gasteiger partial charge in [0.15, 0.2) is 0 Å². The lowest BCUT2D eigenvalue weighted by atomic mass is 9.96. The van der Waals surface area contributed by atoms with E-state index < -0.39 is 29.3 Å². The van der Waals surface area contributed by atoms with E-state index in [-0.39, 0.29) is 49.1 Å². The quantitative estimate of drug-likeness (QED) is 0.631. The highest BCUT2D eigenvalue weighted by atomic mass is 35.5. The fourth-order valence-electron chi connectivity index (χ4n) is 2.65. The van der Waals surface area contributed by atoms with Crippen LogP contribution >= 0.6 is 24.8 Å². The largest absolute Gasteiger partial charge is 0.391 e. The van der Waals surface area contributed by atoms with Gasteiger partial charge in [-0.1, -0.05) is 0 Å². The number of nitrogens with one attached hydrogen (secondary N) is 1. The molecule has 2 rings (SSSR count). The number of halogens is 4. The molecule has 0 bridgehead atoms. The third-order valence-corrected chi connectivity index (χ3v) is 3.98. The van der Waals surface area contributed by atoms with Crippen LogP contribution in [0.2, 0.25) is 0 Å². The van der Waals surface area contributed by atoms with Crippen molar-refractivity contribution in [3.05, 3.63) is 65.0 Å². The molecular weight excluding hydrogens is 423 g/mol. The predicted molar refractivity (Wildman–Crippen MR) is 114 cm³/mol. The monoisotopic (exact) mass is 449 g/mol. The van der Waals surface area contributed by atoms with Crippen LogP contribution in [-0.4, -0.2) is 33.7 Å². The Bertz CT molecular complexity index is 817. The summed E-state index contributed by atoms with van der Waals surface area (Å²) in [5.41, 5.74) is 6.38. The second kappa shape index (κ2) is 11.4. The van der Waals surface area contributed by atoms with Crippen molar-refractivity contribution in [2.75, 3.05) is 0 Å². The Morgan fingerprint density at radius 3 is 2.48 bits per heavy atom. The number of carbonyl (C=O) groups excluding carboxylic acids is 1. The van der Waals surface area contributed by atoms with E-state index >= 15 is 0 Å². The van der Waals surface area contributed by atoms with Crippen molar-refractivity contribution >= 4 is 30.7 Å². The summed E-state index contributed by atoms with van der Waals surface area (Å²) in [6, 6.07) is 5.52. The Morgan fingerprint density at radius 2 is 1.86 bits per heavy atom. The van der Waals surface area contributed by atoms with Crippen molar-refractivity contribution in [1.29, 1.82) is 0 Å². The standard InChI is InChI=1S/C20H25F2N3O2.2ClH/c1-20(2,3)25-19(27)14-5-4-8-24-17(14)11-18(26)16(23)10-12-9-13(21)6-7-15(12)22;;/h4-9,16,18,26H,10-11,23H2,1-3H3,(H,25,27);2*1H. The van der Waals surface area contributed by atoms with Crippen molar-refractivity contribution in [3.63, 3.8) is 0 Å². The lowest BCUT2D eigenvalue weighted by Crippen LogP contribution is -2.42. The second-order valence-corrected chi connectivity index (χ2v) is 7.58. The molecule has 1 aromatic carbocycles. The van der Waals surface area contributed by atoms with Gasteiger partial charge in [0.1, 0.15) is 11.6 Å². The van der Waals surface area contributed by atoms with E-state index in [0.717, 1.165) is 18.2 Å². The van der Waals surface area contributed by atoms with E-state index in [0.29, 0.717) is 11.3 Å². The first-order valence-corrected chi connectivity index (χ1v) is 8.71. The molecule has 0 aliphatic heterocycles. The fraction of sp³-hybridized carbons (Fsp3) is 0.400. The molecule has 162 valence electrons. The number of nitrogens with two attached hydrogens (primary N) is 1. The summed E-state index contributed by atoms with van der Waals surface area (Å²) in [7, 11) is 0. The number of aliphatic hydroxyl groups is 1. The first kappa shape index (κ1) is 27.2. The first-order valence-electron chi connectivity index (χ1n) is 8.71.